The standard InChI is InChI=1S/C23H23N5O/c1-15-9-18(13-24-12-15)23(29)27-19-6-4-5-17(10-19)16(2)26-20-11-22-21(25-14-20)7-8-28(22)3/h4-14,16,26H,1-3H3,(H,27,29)/t16-/m0/s1. The van der Waals surface area contributed by atoms with Gasteiger partial charge in [-0.2, -0.15) is 0 Å². The summed E-state index contributed by atoms with van der Waals surface area (Å²) in [5, 5.41) is 6.44. The smallest absolute Gasteiger partial charge is 0.257 e. The second-order valence-corrected chi connectivity index (χ2v) is 7.25. The number of aryl methyl sites for hydroxylation is 2. The van der Waals surface area contributed by atoms with Crippen molar-refractivity contribution in [3.63, 3.8) is 0 Å². The zero-order valence-corrected chi connectivity index (χ0v) is 16.7. The molecule has 0 saturated carbocycles. The lowest BCUT2D eigenvalue weighted by molar-refractivity contribution is 0.102. The van der Waals surface area contributed by atoms with Crippen molar-refractivity contribution < 1.29 is 4.79 Å². The largest absolute Gasteiger partial charge is 0.377 e. The first kappa shape index (κ1) is 18.7. The average molecular weight is 385 g/mol. The highest BCUT2D eigenvalue weighted by molar-refractivity contribution is 6.04. The molecule has 0 spiro atoms. The van der Waals surface area contributed by atoms with Gasteiger partial charge >= 0.3 is 0 Å². The van der Waals surface area contributed by atoms with Crippen LogP contribution in [-0.4, -0.2) is 20.4 Å². The highest BCUT2D eigenvalue weighted by Gasteiger charge is 2.11. The minimum Gasteiger partial charge on any atom is -0.377 e. The highest BCUT2D eigenvalue weighted by Crippen LogP contribution is 2.24. The number of nitrogens with zero attached hydrogens (tertiary/aromatic N) is 3. The number of hydrogen-bond donors (Lipinski definition) is 2. The number of aromatic nitrogens is 3. The maximum absolute atomic E-state index is 12.5. The number of carbonyl (C=O) groups excluding carboxylic acids is 1. The van der Waals surface area contributed by atoms with E-state index in [1.54, 1.807) is 12.4 Å². The number of rotatable bonds is 5. The van der Waals surface area contributed by atoms with Crippen molar-refractivity contribution in [2.75, 3.05) is 10.6 Å². The van der Waals surface area contributed by atoms with Crippen LogP contribution in [0.5, 0.6) is 0 Å². The first-order valence-corrected chi connectivity index (χ1v) is 9.50. The Morgan fingerprint density at radius 3 is 2.76 bits per heavy atom. The number of amides is 1. The van der Waals surface area contributed by atoms with Gasteiger partial charge in [0, 0.05) is 37.4 Å². The summed E-state index contributed by atoms with van der Waals surface area (Å²) in [6, 6.07) is 13.8. The maximum Gasteiger partial charge on any atom is 0.257 e. The van der Waals surface area contributed by atoms with Gasteiger partial charge in [0.15, 0.2) is 0 Å². The molecule has 0 saturated heterocycles. The molecule has 0 fully saturated rings. The van der Waals surface area contributed by atoms with Gasteiger partial charge in [0.05, 0.1) is 28.5 Å². The Bertz CT molecular complexity index is 1180. The lowest BCUT2D eigenvalue weighted by atomic mass is 10.1. The van der Waals surface area contributed by atoms with E-state index < -0.39 is 0 Å². The fourth-order valence-electron chi connectivity index (χ4n) is 3.32. The summed E-state index contributed by atoms with van der Waals surface area (Å²) in [5.74, 6) is -0.169. The molecule has 3 heterocycles. The molecule has 4 rings (SSSR count). The number of benzene rings is 1. The number of carbonyl (C=O) groups is 1. The van der Waals surface area contributed by atoms with E-state index in [1.807, 2.05) is 62.8 Å². The fourth-order valence-corrected chi connectivity index (χ4v) is 3.32. The molecule has 1 aromatic carbocycles. The number of nitrogens with one attached hydrogen (secondary N) is 2. The van der Waals surface area contributed by atoms with Crippen molar-refractivity contribution in [3.8, 4) is 0 Å². The molecule has 0 aliphatic heterocycles. The van der Waals surface area contributed by atoms with E-state index in [4.69, 9.17) is 0 Å². The van der Waals surface area contributed by atoms with E-state index in [2.05, 4.69) is 38.2 Å². The Morgan fingerprint density at radius 2 is 1.93 bits per heavy atom. The predicted molar refractivity (Wildman–Crippen MR) is 116 cm³/mol. The number of hydrogen-bond acceptors (Lipinski definition) is 4. The molecule has 1 amide bonds. The van der Waals surface area contributed by atoms with Crippen LogP contribution < -0.4 is 10.6 Å². The van der Waals surface area contributed by atoms with E-state index >= 15 is 0 Å². The van der Waals surface area contributed by atoms with E-state index in [1.165, 1.54) is 0 Å². The molecule has 1 atom stereocenters. The second-order valence-electron chi connectivity index (χ2n) is 7.25. The predicted octanol–water partition coefficient (Wildman–Crippen LogP) is 4.70. The van der Waals surface area contributed by atoms with Gasteiger partial charge in [-0.05, 0) is 55.3 Å². The molecule has 3 aromatic heterocycles. The van der Waals surface area contributed by atoms with Crippen molar-refractivity contribution in [1.29, 1.82) is 0 Å². The van der Waals surface area contributed by atoms with Crippen LogP contribution in [0, 0.1) is 6.92 Å². The molecule has 146 valence electrons. The van der Waals surface area contributed by atoms with Crippen LogP contribution >= 0.6 is 0 Å². The summed E-state index contributed by atoms with van der Waals surface area (Å²) in [5.41, 5.74) is 6.32. The molecule has 0 unspecified atom stereocenters. The summed E-state index contributed by atoms with van der Waals surface area (Å²) in [7, 11) is 2.01. The van der Waals surface area contributed by atoms with Crippen molar-refractivity contribution >= 4 is 28.3 Å². The van der Waals surface area contributed by atoms with Gasteiger partial charge in [0.1, 0.15) is 0 Å². The molecule has 6 heteroatoms. The lowest BCUT2D eigenvalue weighted by Gasteiger charge is -2.17. The minimum absolute atomic E-state index is 0.0482. The Labute approximate surface area is 169 Å². The SMILES string of the molecule is Cc1cncc(C(=O)Nc2cccc([C@H](C)Nc3cnc4ccn(C)c4c3)c2)c1. The first-order valence-electron chi connectivity index (χ1n) is 9.50. The van der Waals surface area contributed by atoms with Gasteiger partial charge in [0.25, 0.3) is 5.91 Å². The molecule has 0 radical (unpaired) electrons. The zero-order valence-electron chi connectivity index (χ0n) is 16.7. The molecule has 29 heavy (non-hydrogen) atoms. The maximum atomic E-state index is 12.5. The molecule has 2 N–H and O–H groups in total. The van der Waals surface area contributed by atoms with Crippen molar-refractivity contribution in [2.24, 2.45) is 7.05 Å². The van der Waals surface area contributed by atoms with Crippen LogP contribution in [0.4, 0.5) is 11.4 Å². The fraction of sp³-hybridized carbons (Fsp3) is 0.174. The second kappa shape index (κ2) is 7.75. The third-order valence-corrected chi connectivity index (χ3v) is 4.90. The van der Waals surface area contributed by atoms with Crippen LogP contribution in [0.2, 0.25) is 0 Å². The third-order valence-electron chi connectivity index (χ3n) is 4.90. The Balaban J connectivity index is 1.49. The van der Waals surface area contributed by atoms with Crippen LogP contribution in [0.1, 0.15) is 34.5 Å². The monoisotopic (exact) mass is 385 g/mol. The van der Waals surface area contributed by atoms with E-state index in [9.17, 15) is 4.79 Å². The summed E-state index contributed by atoms with van der Waals surface area (Å²) in [4.78, 5) is 21.1. The van der Waals surface area contributed by atoms with Crippen molar-refractivity contribution in [2.45, 2.75) is 19.9 Å². The topological polar surface area (TPSA) is 71.8 Å². The Hall–Kier alpha value is -3.67. The molecule has 0 aliphatic rings. The Morgan fingerprint density at radius 1 is 1.07 bits per heavy atom. The number of anilines is 2. The quantitative estimate of drug-likeness (QED) is 0.522. The molecule has 0 bridgehead atoms. The van der Waals surface area contributed by atoms with Gasteiger partial charge in [0.2, 0.25) is 0 Å². The van der Waals surface area contributed by atoms with Gasteiger partial charge in [-0.15, -0.1) is 0 Å². The first-order chi connectivity index (χ1) is 14.0. The van der Waals surface area contributed by atoms with Gasteiger partial charge in [-0.1, -0.05) is 12.1 Å². The number of pyridine rings is 2. The average Bonchev–Trinajstić information content (AvgIpc) is 3.08. The van der Waals surface area contributed by atoms with Crippen LogP contribution in [-0.2, 0) is 7.05 Å². The lowest BCUT2D eigenvalue weighted by Crippen LogP contribution is -2.13. The molecule has 6 nitrogen and oxygen atoms in total. The zero-order chi connectivity index (χ0) is 20.4. The normalized spacial score (nSPS) is 12.0. The summed E-state index contributed by atoms with van der Waals surface area (Å²) in [6.45, 7) is 4.00. The molecule has 4 aromatic rings. The van der Waals surface area contributed by atoms with E-state index in [-0.39, 0.29) is 11.9 Å². The van der Waals surface area contributed by atoms with Crippen LogP contribution in [0.25, 0.3) is 11.0 Å². The van der Waals surface area contributed by atoms with Crippen LogP contribution in [0.3, 0.4) is 0 Å². The van der Waals surface area contributed by atoms with Crippen molar-refractivity contribution in [3.05, 3.63) is 83.9 Å². The third kappa shape index (κ3) is 4.11. The van der Waals surface area contributed by atoms with E-state index in [0.717, 1.165) is 33.5 Å². The molecular formula is C23H23N5O. The summed E-state index contributed by atoms with van der Waals surface area (Å²) >= 11 is 0. The highest BCUT2D eigenvalue weighted by atomic mass is 16.1. The summed E-state index contributed by atoms with van der Waals surface area (Å²) < 4.78 is 2.05. The number of fused-ring (bicyclic) bond motifs is 1. The van der Waals surface area contributed by atoms with Crippen LogP contribution in [0.15, 0.2) is 67.3 Å². The summed E-state index contributed by atoms with van der Waals surface area (Å²) in [6.07, 6.45) is 7.14. The van der Waals surface area contributed by atoms with Crippen molar-refractivity contribution in [1.82, 2.24) is 14.5 Å². The molecule has 0 aliphatic carbocycles. The van der Waals surface area contributed by atoms with Gasteiger partial charge < -0.3 is 15.2 Å². The Kier molecular flexibility index (Phi) is 4.99. The molecular weight excluding hydrogens is 362 g/mol. The minimum atomic E-state index is -0.169. The van der Waals surface area contributed by atoms with Gasteiger partial charge in [-0.25, -0.2) is 0 Å². The van der Waals surface area contributed by atoms with Gasteiger partial charge in [-0.3, -0.25) is 14.8 Å². The van der Waals surface area contributed by atoms with E-state index in [0.29, 0.717) is 5.56 Å².